The Morgan fingerprint density at radius 2 is 1.69 bits per heavy atom. The Hall–Kier alpha value is -5.00. The first-order valence-corrected chi connectivity index (χ1v) is 16.4. The molecule has 4 aromatic carbocycles. The summed E-state index contributed by atoms with van der Waals surface area (Å²) in [7, 11) is 1.61. The predicted molar refractivity (Wildman–Crippen MR) is 182 cm³/mol. The minimum atomic E-state index is -1.33. The molecule has 48 heavy (non-hydrogen) atoms. The Morgan fingerprint density at radius 1 is 0.958 bits per heavy atom. The molecule has 7 rings (SSSR count). The van der Waals surface area contributed by atoms with Crippen molar-refractivity contribution < 1.29 is 28.6 Å². The number of ether oxygens (including phenoxy) is 3. The first-order chi connectivity index (χ1) is 23.5. The number of aromatic nitrogens is 2. The summed E-state index contributed by atoms with van der Waals surface area (Å²) in [6.45, 7) is 0.909. The normalized spacial score (nSPS) is 18.4. The molecule has 0 radical (unpaired) electrons. The number of halogens is 1. The fourth-order valence-corrected chi connectivity index (χ4v) is 6.55. The highest BCUT2D eigenvalue weighted by Crippen LogP contribution is 2.47. The average molecular weight is 710 g/mol. The number of hydrogen-bond donors (Lipinski definition) is 1. The van der Waals surface area contributed by atoms with Crippen LogP contribution in [0.2, 0.25) is 0 Å². The lowest BCUT2D eigenvalue weighted by Gasteiger charge is -2.32. The number of amides is 1. The molecule has 1 aromatic heterocycles. The Balaban J connectivity index is 1.28. The number of hydrogen-bond acceptors (Lipinski definition) is 9. The molecule has 1 amide bonds. The second-order valence-electron chi connectivity index (χ2n) is 11.7. The lowest BCUT2D eigenvalue weighted by Crippen LogP contribution is -2.49. The lowest BCUT2D eigenvalue weighted by atomic mass is 9.81. The van der Waals surface area contributed by atoms with Gasteiger partial charge in [-0.1, -0.05) is 63.6 Å². The van der Waals surface area contributed by atoms with Crippen LogP contribution < -0.4 is 9.47 Å². The van der Waals surface area contributed by atoms with Crippen molar-refractivity contribution in [1.82, 2.24) is 15.0 Å². The van der Waals surface area contributed by atoms with E-state index in [1.165, 1.54) is 0 Å². The summed E-state index contributed by atoms with van der Waals surface area (Å²) in [5.74, 6) is 2.29. The molecule has 244 valence electrons. The number of carbonyl (C=O) groups is 1. The molecule has 0 aliphatic carbocycles. The zero-order chi connectivity index (χ0) is 33.1. The van der Waals surface area contributed by atoms with E-state index in [1.54, 1.807) is 12.0 Å². The van der Waals surface area contributed by atoms with Crippen molar-refractivity contribution in [2.24, 2.45) is 4.99 Å². The molecule has 10 nitrogen and oxygen atoms in total. The summed E-state index contributed by atoms with van der Waals surface area (Å²) in [6.07, 6.45) is 0.147. The van der Waals surface area contributed by atoms with Crippen LogP contribution in [-0.4, -0.2) is 57.8 Å². The van der Waals surface area contributed by atoms with Crippen molar-refractivity contribution >= 4 is 27.7 Å². The minimum Gasteiger partial charge on any atom is -0.497 e. The number of aliphatic hydroxyl groups excluding tert-OH is 1. The maximum Gasteiger partial charge on any atom is 0.257 e. The molecule has 3 heterocycles. The van der Waals surface area contributed by atoms with Crippen LogP contribution in [0.1, 0.15) is 40.6 Å². The Kier molecular flexibility index (Phi) is 8.96. The van der Waals surface area contributed by atoms with E-state index >= 15 is 4.79 Å². The van der Waals surface area contributed by atoms with Crippen LogP contribution in [0.15, 0.2) is 111 Å². The SMILES string of the molecule is COc1ccc(-c2nc(CN3Cc4ccccc4[C@@H]4OC(c5ccc(OCCCO)cc5)=N[C@]4(Cc4ccccc4Br)C3=O)no2)cc1. The van der Waals surface area contributed by atoms with Gasteiger partial charge in [-0.05, 0) is 65.7 Å². The van der Waals surface area contributed by atoms with Crippen molar-refractivity contribution in [2.45, 2.75) is 37.6 Å². The van der Waals surface area contributed by atoms with Gasteiger partial charge in [-0.2, -0.15) is 4.98 Å². The van der Waals surface area contributed by atoms with E-state index in [0.29, 0.717) is 42.9 Å². The molecule has 5 aromatic rings. The summed E-state index contributed by atoms with van der Waals surface area (Å²) in [6, 6.07) is 30.6. The third-order valence-electron chi connectivity index (χ3n) is 8.55. The van der Waals surface area contributed by atoms with E-state index in [-0.39, 0.29) is 25.5 Å². The third kappa shape index (κ3) is 6.18. The molecule has 2 atom stereocenters. The summed E-state index contributed by atoms with van der Waals surface area (Å²) < 4.78 is 24.2. The zero-order valence-electron chi connectivity index (χ0n) is 26.2. The molecule has 11 heteroatoms. The van der Waals surface area contributed by atoms with Crippen LogP contribution in [0.5, 0.6) is 11.5 Å². The second kappa shape index (κ2) is 13.6. The van der Waals surface area contributed by atoms with Gasteiger partial charge in [0.25, 0.3) is 11.8 Å². The Morgan fingerprint density at radius 3 is 2.46 bits per heavy atom. The zero-order valence-corrected chi connectivity index (χ0v) is 27.8. The fraction of sp³-hybridized carbons (Fsp3) is 0.243. The molecule has 0 spiro atoms. The van der Waals surface area contributed by atoms with E-state index < -0.39 is 11.6 Å². The minimum absolute atomic E-state index is 0.0623. The molecular weight excluding hydrogens is 676 g/mol. The van der Waals surface area contributed by atoms with E-state index in [0.717, 1.165) is 38.0 Å². The quantitative estimate of drug-likeness (QED) is 0.159. The number of methoxy groups -OCH3 is 1. The Labute approximate surface area is 286 Å². The van der Waals surface area contributed by atoms with Crippen LogP contribution in [0.3, 0.4) is 0 Å². The van der Waals surface area contributed by atoms with Gasteiger partial charge < -0.3 is 28.7 Å². The first-order valence-electron chi connectivity index (χ1n) is 15.7. The van der Waals surface area contributed by atoms with Gasteiger partial charge in [0.05, 0.1) is 20.3 Å². The smallest absolute Gasteiger partial charge is 0.257 e. The van der Waals surface area contributed by atoms with Gasteiger partial charge in [-0.25, -0.2) is 4.99 Å². The van der Waals surface area contributed by atoms with Crippen molar-refractivity contribution in [3.8, 4) is 23.0 Å². The molecule has 0 saturated carbocycles. The Bertz CT molecular complexity index is 1940. The second-order valence-corrected chi connectivity index (χ2v) is 12.5. The van der Waals surface area contributed by atoms with E-state index in [9.17, 15) is 0 Å². The number of nitrogens with zero attached hydrogens (tertiary/aromatic N) is 4. The van der Waals surface area contributed by atoms with Crippen LogP contribution in [0.25, 0.3) is 11.5 Å². The van der Waals surface area contributed by atoms with Crippen LogP contribution in [-0.2, 0) is 29.0 Å². The highest BCUT2D eigenvalue weighted by Gasteiger charge is 2.57. The van der Waals surface area contributed by atoms with E-state index in [1.807, 2.05) is 97.1 Å². The monoisotopic (exact) mass is 708 g/mol. The van der Waals surface area contributed by atoms with Gasteiger partial charge in [0.1, 0.15) is 11.5 Å². The number of fused-ring (bicyclic) bond motifs is 3. The largest absolute Gasteiger partial charge is 0.497 e. The first kappa shape index (κ1) is 31.6. The number of carbonyl (C=O) groups excluding carboxylic acids is 1. The standard InChI is InChI=1S/C37H33BrN4O6/c1-45-28-15-11-24(12-16-28)34-39-32(41-48-34)23-42-22-27-8-2-4-9-30(27)33-37(36(42)44,21-26-7-3-5-10-31(26)38)40-35(47-33)25-13-17-29(18-14-25)46-20-6-19-43/h2-5,7-18,33,43H,6,19-23H2,1H3/t33-,37-/m0/s1. The van der Waals surface area contributed by atoms with Crippen molar-refractivity contribution in [2.75, 3.05) is 20.3 Å². The highest BCUT2D eigenvalue weighted by atomic mass is 79.9. The maximum atomic E-state index is 15.0. The number of benzene rings is 4. The van der Waals surface area contributed by atoms with Gasteiger partial charge in [-0.3, -0.25) is 4.79 Å². The predicted octanol–water partition coefficient (Wildman–Crippen LogP) is 6.31. The number of aliphatic hydroxyl groups is 1. The molecule has 1 N–H and O–H groups in total. The summed E-state index contributed by atoms with van der Waals surface area (Å²) >= 11 is 3.70. The number of rotatable bonds is 11. The fourth-order valence-electron chi connectivity index (χ4n) is 6.13. The van der Waals surface area contributed by atoms with Crippen molar-refractivity contribution in [3.05, 3.63) is 130 Å². The molecule has 2 aliphatic heterocycles. The van der Waals surface area contributed by atoms with Gasteiger partial charge in [0.2, 0.25) is 5.90 Å². The van der Waals surface area contributed by atoms with Crippen LogP contribution in [0, 0.1) is 0 Å². The average Bonchev–Trinajstić information content (AvgIpc) is 3.73. The topological polar surface area (TPSA) is 120 Å². The van der Waals surface area contributed by atoms with Gasteiger partial charge in [0, 0.05) is 47.2 Å². The lowest BCUT2D eigenvalue weighted by molar-refractivity contribution is -0.140. The molecule has 0 bridgehead atoms. The van der Waals surface area contributed by atoms with Crippen LogP contribution >= 0.6 is 15.9 Å². The summed E-state index contributed by atoms with van der Waals surface area (Å²) in [5.41, 5.74) is 2.92. The highest BCUT2D eigenvalue weighted by molar-refractivity contribution is 9.10. The summed E-state index contributed by atoms with van der Waals surface area (Å²) in [4.78, 5) is 26.6. The molecule has 0 fully saturated rings. The van der Waals surface area contributed by atoms with Gasteiger partial charge in [0.15, 0.2) is 17.5 Å². The third-order valence-corrected chi connectivity index (χ3v) is 9.32. The van der Waals surface area contributed by atoms with E-state index in [4.69, 9.17) is 28.8 Å². The maximum absolute atomic E-state index is 15.0. The molecule has 2 aliphatic rings. The molecule has 0 unspecified atom stereocenters. The number of aliphatic imine (C=N–C) groups is 1. The molecule has 0 saturated heterocycles. The van der Waals surface area contributed by atoms with Crippen molar-refractivity contribution in [3.63, 3.8) is 0 Å². The molecular formula is C37H33BrN4O6. The van der Waals surface area contributed by atoms with Gasteiger partial charge in [-0.15, -0.1) is 0 Å². The van der Waals surface area contributed by atoms with Crippen molar-refractivity contribution in [1.29, 1.82) is 0 Å². The summed E-state index contributed by atoms with van der Waals surface area (Å²) in [5, 5.41) is 13.3. The van der Waals surface area contributed by atoms with Gasteiger partial charge >= 0.3 is 0 Å². The van der Waals surface area contributed by atoms with E-state index in [2.05, 4.69) is 26.1 Å². The van der Waals surface area contributed by atoms with Crippen LogP contribution in [0.4, 0.5) is 0 Å².